The van der Waals surface area contributed by atoms with Gasteiger partial charge in [-0.3, -0.25) is 9.59 Å². The van der Waals surface area contributed by atoms with Crippen molar-refractivity contribution >= 4 is 23.9 Å². The lowest BCUT2D eigenvalue weighted by Gasteiger charge is -2.35. The van der Waals surface area contributed by atoms with Gasteiger partial charge in [0, 0.05) is 72.1 Å². The minimum absolute atomic E-state index is 0.125. The summed E-state index contributed by atoms with van der Waals surface area (Å²) in [4.78, 5) is 68.6. The fourth-order valence-electron chi connectivity index (χ4n) is 7.23. The number of nitrogens with zero attached hydrogens (tertiary/aromatic N) is 5. The molecule has 0 bridgehead atoms. The molecule has 1 saturated heterocycles. The van der Waals surface area contributed by atoms with E-state index >= 15 is 0 Å². The second-order valence-corrected chi connectivity index (χ2v) is 15.2. The highest BCUT2D eigenvalue weighted by atomic mass is 16.5. The van der Waals surface area contributed by atoms with Gasteiger partial charge in [-0.1, -0.05) is 76.3 Å². The molecule has 1 aliphatic heterocycles. The van der Waals surface area contributed by atoms with E-state index in [0.717, 1.165) is 31.2 Å². The molecule has 4 rings (SSSR count). The monoisotopic (exact) mass is 738 g/mol. The van der Waals surface area contributed by atoms with E-state index in [4.69, 9.17) is 4.74 Å². The molecule has 0 spiro atoms. The molecule has 14 nitrogen and oxygen atoms in total. The fraction of sp³-hybridized carbons (Fsp3) is 0.667. The van der Waals surface area contributed by atoms with Gasteiger partial charge in [0.25, 0.3) is 0 Å². The summed E-state index contributed by atoms with van der Waals surface area (Å²) in [5, 5.41) is 17.4. The van der Waals surface area contributed by atoms with Crippen LogP contribution in [-0.4, -0.2) is 143 Å². The van der Waals surface area contributed by atoms with Gasteiger partial charge in [0.1, 0.15) is 12.1 Å². The summed E-state index contributed by atoms with van der Waals surface area (Å²) >= 11 is 0. The summed E-state index contributed by atoms with van der Waals surface area (Å²) in [6.07, 6.45) is 9.70. The highest BCUT2D eigenvalue weighted by Crippen LogP contribution is 2.29. The zero-order chi connectivity index (χ0) is 38.3. The van der Waals surface area contributed by atoms with Crippen molar-refractivity contribution in [2.75, 3.05) is 60.5 Å². The third-order valence-corrected chi connectivity index (χ3v) is 10.5. The van der Waals surface area contributed by atoms with Gasteiger partial charge in [-0.25, -0.2) is 14.6 Å². The number of benzene rings is 1. The van der Waals surface area contributed by atoms with Crippen LogP contribution < -0.4 is 10.6 Å². The molecule has 1 aromatic heterocycles. The van der Waals surface area contributed by atoms with Crippen LogP contribution in [0.5, 0.6) is 0 Å². The highest BCUT2D eigenvalue weighted by molar-refractivity contribution is 5.92. The van der Waals surface area contributed by atoms with Crippen molar-refractivity contribution in [1.29, 1.82) is 0 Å². The number of H-pyrrole nitrogens is 1. The second-order valence-electron chi connectivity index (χ2n) is 15.2. The number of amides is 6. The molecule has 14 heteroatoms. The molecule has 0 unspecified atom stereocenters. The number of urea groups is 2. The number of hydrogen-bond donors (Lipinski definition) is 4. The molecule has 4 N–H and O–H groups in total. The number of hydrogen-bond acceptors (Lipinski definition) is 7. The Kier molecular flexibility index (Phi) is 16.4. The van der Waals surface area contributed by atoms with E-state index in [1.807, 2.05) is 30.3 Å². The smallest absolute Gasteiger partial charge is 0.319 e. The van der Waals surface area contributed by atoms with Crippen LogP contribution in [-0.2, 0) is 27.2 Å². The van der Waals surface area contributed by atoms with E-state index in [0.29, 0.717) is 57.3 Å². The predicted octanol–water partition coefficient (Wildman–Crippen LogP) is 3.28. The molecule has 53 heavy (non-hydrogen) atoms. The zero-order valence-corrected chi connectivity index (χ0v) is 32.3. The summed E-state index contributed by atoms with van der Waals surface area (Å²) in [5.41, 5.74) is 1.52. The van der Waals surface area contributed by atoms with Gasteiger partial charge >= 0.3 is 12.1 Å². The molecule has 6 amide bonds. The topological polar surface area (TPSA) is 163 Å². The van der Waals surface area contributed by atoms with Crippen molar-refractivity contribution in [2.45, 2.75) is 95.9 Å². The first-order chi connectivity index (χ1) is 25.4. The van der Waals surface area contributed by atoms with Crippen molar-refractivity contribution in [2.24, 2.45) is 11.8 Å². The van der Waals surface area contributed by atoms with Crippen LogP contribution in [0.2, 0.25) is 0 Å². The third kappa shape index (κ3) is 13.0. The Morgan fingerprint density at radius 1 is 0.962 bits per heavy atom. The molecule has 294 valence electrons. The first kappa shape index (κ1) is 41.6. The standard InChI is InChI=1S/C39H62N8O6/c1-28(2)22-35(48)32(23-29-12-8-6-9-13-29)42-36(49)34(25-31-26-40-27-41-31)46(5)37(50)33(24-30-14-10-7-11-15-30)43-38(51)44(3)16-17-45(4)39(52)47-18-20-53-21-19-47/h7,10-11,14-15,26-29,32-35,48H,6,8-9,12-13,16-25H2,1-5H3,(H,40,41)(H,42,49)(H,43,51)/t32-,33-,34-,35-/m0/s1. The first-order valence-corrected chi connectivity index (χ1v) is 19.3. The molecular weight excluding hydrogens is 676 g/mol. The van der Waals surface area contributed by atoms with Crippen LogP contribution in [0.1, 0.15) is 70.1 Å². The molecule has 2 aliphatic rings. The molecular formula is C39H62N8O6. The van der Waals surface area contributed by atoms with Gasteiger partial charge in [0.15, 0.2) is 0 Å². The van der Waals surface area contributed by atoms with Gasteiger partial charge in [0.05, 0.1) is 31.7 Å². The van der Waals surface area contributed by atoms with Gasteiger partial charge in [-0.15, -0.1) is 0 Å². The van der Waals surface area contributed by atoms with Crippen molar-refractivity contribution in [3.05, 3.63) is 54.1 Å². The maximum Gasteiger partial charge on any atom is 0.319 e. The number of rotatable bonds is 17. The van der Waals surface area contributed by atoms with Crippen molar-refractivity contribution < 1.29 is 29.0 Å². The number of carbonyl (C=O) groups excluding carboxylic acids is 4. The highest BCUT2D eigenvalue weighted by Gasteiger charge is 2.36. The third-order valence-electron chi connectivity index (χ3n) is 10.5. The minimum Gasteiger partial charge on any atom is -0.391 e. The predicted molar refractivity (Wildman–Crippen MR) is 203 cm³/mol. The van der Waals surface area contributed by atoms with Crippen LogP contribution in [0.15, 0.2) is 42.9 Å². The summed E-state index contributed by atoms with van der Waals surface area (Å²) in [6, 6.07) is 6.42. The van der Waals surface area contributed by atoms with Crippen LogP contribution in [0.3, 0.4) is 0 Å². The Bertz CT molecular complexity index is 1410. The summed E-state index contributed by atoms with van der Waals surface area (Å²) in [5.74, 6) is -0.136. The van der Waals surface area contributed by atoms with Crippen molar-refractivity contribution in [3.63, 3.8) is 0 Å². The average Bonchev–Trinajstić information content (AvgIpc) is 3.68. The lowest BCUT2D eigenvalue weighted by molar-refractivity contribution is -0.141. The van der Waals surface area contributed by atoms with Gasteiger partial charge < -0.3 is 45.1 Å². The van der Waals surface area contributed by atoms with Gasteiger partial charge in [-0.05, 0) is 30.2 Å². The summed E-state index contributed by atoms with van der Waals surface area (Å²) in [6.45, 7) is 6.69. The number of aromatic amines is 1. The Hall–Kier alpha value is -4.17. The number of ether oxygens (including phenoxy) is 1. The van der Waals surface area contributed by atoms with E-state index in [-0.39, 0.29) is 37.2 Å². The molecule has 0 radical (unpaired) electrons. The Morgan fingerprint density at radius 2 is 1.64 bits per heavy atom. The lowest BCUT2D eigenvalue weighted by Crippen LogP contribution is -2.59. The maximum absolute atomic E-state index is 14.5. The number of imidazole rings is 1. The van der Waals surface area contributed by atoms with Gasteiger partial charge in [0.2, 0.25) is 11.8 Å². The first-order valence-electron chi connectivity index (χ1n) is 19.3. The fourth-order valence-corrected chi connectivity index (χ4v) is 7.23. The Morgan fingerprint density at radius 3 is 2.28 bits per heavy atom. The zero-order valence-electron chi connectivity index (χ0n) is 32.3. The quantitative estimate of drug-likeness (QED) is 0.194. The van der Waals surface area contributed by atoms with Gasteiger partial charge in [-0.2, -0.15) is 0 Å². The number of aliphatic hydroxyl groups excluding tert-OH is 1. The molecule has 2 aromatic rings. The van der Waals surface area contributed by atoms with E-state index in [1.165, 1.54) is 22.5 Å². The maximum atomic E-state index is 14.5. The van der Waals surface area contributed by atoms with Crippen molar-refractivity contribution in [1.82, 2.24) is 40.2 Å². The van der Waals surface area contributed by atoms with E-state index in [9.17, 15) is 24.3 Å². The summed E-state index contributed by atoms with van der Waals surface area (Å²) < 4.78 is 5.35. The summed E-state index contributed by atoms with van der Waals surface area (Å²) in [7, 11) is 4.91. The van der Waals surface area contributed by atoms with Crippen LogP contribution >= 0.6 is 0 Å². The molecule has 2 fully saturated rings. The molecule has 1 aromatic carbocycles. The number of nitrogens with one attached hydrogen (secondary N) is 3. The molecule has 4 atom stereocenters. The van der Waals surface area contributed by atoms with Crippen molar-refractivity contribution in [3.8, 4) is 0 Å². The SMILES string of the molecule is CC(C)C[C@H](O)[C@H](CC1CCCCC1)NC(=O)[C@H](Cc1cnc[nH]1)N(C)C(=O)[C@H](Cc1ccccc1)NC(=O)N(C)CCN(C)C(=O)N1CCOCC1. The lowest BCUT2D eigenvalue weighted by atomic mass is 9.82. The molecule has 2 heterocycles. The van der Waals surface area contributed by atoms with Crippen LogP contribution in [0.25, 0.3) is 0 Å². The average molecular weight is 739 g/mol. The van der Waals surface area contributed by atoms with Crippen LogP contribution in [0.4, 0.5) is 9.59 Å². The Labute approximate surface area is 315 Å². The number of aromatic nitrogens is 2. The number of likely N-dealkylation sites (N-methyl/N-ethyl adjacent to an activating group) is 3. The Balaban J connectivity index is 1.50. The largest absolute Gasteiger partial charge is 0.391 e. The second kappa shape index (κ2) is 20.9. The number of carbonyl (C=O) groups is 4. The van der Waals surface area contributed by atoms with E-state index in [1.54, 1.807) is 37.1 Å². The molecule has 1 saturated carbocycles. The van der Waals surface area contributed by atoms with E-state index in [2.05, 4.69) is 34.4 Å². The van der Waals surface area contributed by atoms with E-state index < -0.39 is 36.2 Å². The number of aliphatic hydroxyl groups is 1. The number of morpholine rings is 1. The van der Waals surface area contributed by atoms with Crippen LogP contribution in [0, 0.1) is 11.8 Å². The minimum atomic E-state index is -0.994. The molecule has 1 aliphatic carbocycles. The normalized spacial score (nSPS) is 17.4.